The Morgan fingerprint density at radius 1 is 1.38 bits per heavy atom. The average molecular weight is 380 g/mol. The van der Waals surface area contributed by atoms with Gasteiger partial charge in [-0.25, -0.2) is 0 Å². The Labute approximate surface area is 153 Å². The van der Waals surface area contributed by atoms with Gasteiger partial charge in [-0.1, -0.05) is 17.3 Å². The van der Waals surface area contributed by atoms with Crippen molar-refractivity contribution in [1.82, 2.24) is 18.8 Å². The smallest absolute Gasteiger partial charge is 0.281 e. The number of ether oxygens (including phenoxy) is 1. The fourth-order valence-corrected chi connectivity index (χ4v) is 4.04. The first kappa shape index (κ1) is 18.8. The van der Waals surface area contributed by atoms with E-state index in [1.54, 1.807) is 0 Å². The summed E-state index contributed by atoms with van der Waals surface area (Å²) in [6.45, 7) is 3.29. The highest BCUT2D eigenvalue weighted by atomic mass is 32.2. The summed E-state index contributed by atoms with van der Waals surface area (Å²) < 4.78 is 38.1. The largest absolute Gasteiger partial charge is 0.493 e. The summed E-state index contributed by atoms with van der Waals surface area (Å²) >= 11 is 0. The highest BCUT2D eigenvalue weighted by Crippen LogP contribution is 2.28. The number of hydrogen-bond donors (Lipinski definition) is 0. The fourth-order valence-electron chi connectivity index (χ4n) is 2.87. The van der Waals surface area contributed by atoms with Crippen LogP contribution in [0.4, 0.5) is 0 Å². The molecule has 142 valence electrons. The maximum Gasteiger partial charge on any atom is 0.281 e. The van der Waals surface area contributed by atoms with Gasteiger partial charge in [-0.2, -0.15) is 22.0 Å². The van der Waals surface area contributed by atoms with Crippen LogP contribution < -0.4 is 4.74 Å². The molecule has 3 rings (SSSR count). The van der Waals surface area contributed by atoms with Gasteiger partial charge >= 0.3 is 0 Å². The fraction of sp³-hybridized carbons (Fsp3) is 0.529. The van der Waals surface area contributed by atoms with Gasteiger partial charge in [0.25, 0.3) is 10.2 Å². The summed E-state index contributed by atoms with van der Waals surface area (Å²) in [7, 11) is -0.343. The lowest BCUT2D eigenvalue weighted by Crippen LogP contribution is -2.38. The van der Waals surface area contributed by atoms with Gasteiger partial charge in [0.1, 0.15) is 5.75 Å². The summed E-state index contributed by atoms with van der Waals surface area (Å²) in [5, 5.41) is 3.99. The average Bonchev–Trinajstić information content (AvgIpc) is 3.24. The van der Waals surface area contributed by atoms with Crippen LogP contribution >= 0.6 is 0 Å². The van der Waals surface area contributed by atoms with E-state index in [1.807, 2.05) is 31.2 Å². The Morgan fingerprint density at radius 2 is 2.19 bits per heavy atom. The molecule has 0 saturated carbocycles. The molecule has 0 spiro atoms. The summed E-state index contributed by atoms with van der Waals surface area (Å²) in [5.74, 6) is 1.81. The SMILES string of the molecule is Cc1cccc(OCCc2noc(C3CCN(S(=O)(=O)N(C)C)C3)n2)c1. The van der Waals surface area contributed by atoms with Crippen LogP contribution in [-0.2, 0) is 16.6 Å². The molecule has 0 bridgehead atoms. The van der Waals surface area contributed by atoms with Gasteiger partial charge in [0, 0.05) is 33.6 Å². The predicted molar refractivity (Wildman–Crippen MR) is 96.2 cm³/mol. The number of aryl methyl sites for hydroxylation is 1. The van der Waals surface area contributed by atoms with Crippen molar-refractivity contribution in [2.45, 2.75) is 25.7 Å². The van der Waals surface area contributed by atoms with E-state index in [4.69, 9.17) is 9.26 Å². The Hall–Kier alpha value is -1.97. The molecule has 26 heavy (non-hydrogen) atoms. The van der Waals surface area contributed by atoms with E-state index >= 15 is 0 Å². The van der Waals surface area contributed by atoms with Crippen molar-refractivity contribution in [2.24, 2.45) is 0 Å². The Bertz CT molecular complexity index is 850. The second kappa shape index (κ2) is 7.73. The third-order valence-electron chi connectivity index (χ3n) is 4.36. The molecule has 1 aromatic carbocycles. The normalized spacial score (nSPS) is 18.5. The first-order valence-electron chi connectivity index (χ1n) is 8.56. The van der Waals surface area contributed by atoms with Crippen molar-refractivity contribution in [1.29, 1.82) is 0 Å². The lowest BCUT2D eigenvalue weighted by molar-refractivity contribution is 0.312. The zero-order valence-electron chi connectivity index (χ0n) is 15.3. The summed E-state index contributed by atoms with van der Waals surface area (Å²) in [6, 6.07) is 7.84. The first-order valence-corrected chi connectivity index (χ1v) is 9.95. The molecule has 0 amide bonds. The quantitative estimate of drug-likeness (QED) is 0.725. The molecule has 1 atom stereocenters. The van der Waals surface area contributed by atoms with Gasteiger partial charge in [0.05, 0.1) is 12.5 Å². The van der Waals surface area contributed by atoms with E-state index < -0.39 is 10.2 Å². The van der Waals surface area contributed by atoms with Crippen molar-refractivity contribution < 1.29 is 17.7 Å². The Morgan fingerprint density at radius 3 is 2.92 bits per heavy atom. The molecule has 1 unspecified atom stereocenters. The van der Waals surface area contributed by atoms with Crippen molar-refractivity contribution in [3.8, 4) is 5.75 Å². The zero-order valence-corrected chi connectivity index (χ0v) is 16.1. The molecular formula is C17H24N4O4S. The maximum absolute atomic E-state index is 12.2. The second-order valence-electron chi connectivity index (χ2n) is 6.60. The van der Waals surface area contributed by atoms with Gasteiger partial charge in [-0.15, -0.1) is 0 Å². The molecule has 0 aliphatic carbocycles. The Kier molecular flexibility index (Phi) is 5.59. The van der Waals surface area contributed by atoms with Crippen molar-refractivity contribution in [3.05, 3.63) is 41.5 Å². The van der Waals surface area contributed by atoms with Gasteiger partial charge in [-0.05, 0) is 31.0 Å². The molecule has 1 fully saturated rings. The van der Waals surface area contributed by atoms with Crippen molar-refractivity contribution in [3.63, 3.8) is 0 Å². The lowest BCUT2D eigenvalue weighted by atomic mass is 10.1. The molecule has 2 aromatic rings. The maximum atomic E-state index is 12.2. The van der Waals surface area contributed by atoms with Gasteiger partial charge in [0.15, 0.2) is 5.82 Å². The number of nitrogens with zero attached hydrogens (tertiary/aromatic N) is 4. The molecule has 0 radical (unpaired) electrons. The van der Waals surface area contributed by atoms with E-state index in [0.29, 0.717) is 44.3 Å². The minimum atomic E-state index is -3.40. The molecule has 1 aliphatic rings. The van der Waals surface area contributed by atoms with E-state index in [1.165, 1.54) is 22.7 Å². The van der Waals surface area contributed by atoms with Crippen molar-refractivity contribution >= 4 is 10.2 Å². The molecular weight excluding hydrogens is 356 g/mol. The van der Waals surface area contributed by atoms with Crippen LogP contribution in [0.1, 0.15) is 29.6 Å². The third kappa shape index (κ3) is 4.22. The Balaban J connectivity index is 1.54. The van der Waals surface area contributed by atoms with E-state index in [-0.39, 0.29) is 5.92 Å². The molecule has 1 aromatic heterocycles. The van der Waals surface area contributed by atoms with Crippen molar-refractivity contribution in [2.75, 3.05) is 33.8 Å². The van der Waals surface area contributed by atoms with E-state index in [0.717, 1.165) is 11.3 Å². The molecule has 0 N–H and O–H groups in total. The molecule has 1 saturated heterocycles. The topological polar surface area (TPSA) is 88.8 Å². The van der Waals surface area contributed by atoms with Crippen LogP contribution in [0.15, 0.2) is 28.8 Å². The molecule has 9 heteroatoms. The van der Waals surface area contributed by atoms with Crippen LogP contribution in [0.25, 0.3) is 0 Å². The zero-order chi connectivity index (χ0) is 18.7. The lowest BCUT2D eigenvalue weighted by Gasteiger charge is -2.20. The van der Waals surface area contributed by atoms with Crippen LogP contribution in [0.5, 0.6) is 5.75 Å². The van der Waals surface area contributed by atoms with Crippen LogP contribution in [0, 0.1) is 6.92 Å². The summed E-state index contributed by atoms with van der Waals surface area (Å²) in [6.07, 6.45) is 1.21. The van der Waals surface area contributed by atoms with Crippen LogP contribution in [0.3, 0.4) is 0 Å². The van der Waals surface area contributed by atoms with Gasteiger partial charge < -0.3 is 9.26 Å². The standard InChI is InChI=1S/C17H24N4O4S/c1-13-5-4-6-15(11-13)24-10-8-16-18-17(25-19-16)14-7-9-21(12-14)26(22,23)20(2)3/h4-6,11,14H,7-10,12H2,1-3H3. The number of benzene rings is 1. The molecule has 2 heterocycles. The summed E-state index contributed by atoms with van der Waals surface area (Å²) in [5.41, 5.74) is 1.14. The molecule has 1 aliphatic heterocycles. The van der Waals surface area contributed by atoms with Gasteiger partial charge in [0.2, 0.25) is 5.89 Å². The highest BCUT2D eigenvalue weighted by molar-refractivity contribution is 7.86. The minimum absolute atomic E-state index is 0.0660. The first-order chi connectivity index (χ1) is 12.4. The summed E-state index contributed by atoms with van der Waals surface area (Å²) in [4.78, 5) is 4.41. The molecule has 8 nitrogen and oxygen atoms in total. The van der Waals surface area contributed by atoms with Crippen LogP contribution in [-0.4, -0.2) is 61.0 Å². The monoisotopic (exact) mass is 380 g/mol. The third-order valence-corrected chi connectivity index (χ3v) is 6.26. The van der Waals surface area contributed by atoms with Crippen LogP contribution in [0.2, 0.25) is 0 Å². The highest BCUT2D eigenvalue weighted by Gasteiger charge is 2.35. The number of hydrogen-bond acceptors (Lipinski definition) is 6. The number of aromatic nitrogens is 2. The number of rotatable bonds is 7. The predicted octanol–water partition coefficient (Wildman–Crippen LogP) is 1.60. The second-order valence-corrected chi connectivity index (χ2v) is 8.74. The van der Waals surface area contributed by atoms with Gasteiger partial charge in [-0.3, -0.25) is 0 Å². The van der Waals surface area contributed by atoms with E-state index in [9.17, 15) is 8.42 Å². The van der Waals surface area contributed by atoms with E-state index in [2.05, 4.69) is 10.1 Å². The minimum Gasteiger partial charge on any atom is -0.493 e.